The molecular weight excluding hydrogens is 364 g/mol. The average molecular weight is 385 g/mol. The molecule has 0 bridgehead atoms. The van der Waals surface area contributed by atoms with E-state index in [4.69, 9.17) is 4.98 Å². The molecule has 0 saturated carbocycles. The van der Waals surface area contributed by atoms with E-state index < -0.39 is 0 Å². The molecule has 2 aromatic heterocycles. The Balaban J connectivity index is 2.43. The van der Waals surface area contributed by atoms with Crippen LogP contribution in [-0.2, 0) is 13.0 Å². The van der Waals surface area contributed by atoms with E-state index in [0.717, 1.165) is 50.7 Å². The van der Waals surface area contributed by atoms with Crippen LogP contribution in [0.1, 0.15) is 31.5 Å². The third-order valence-electron chi connectivity index (χ3n) is 4.25. The zero-order valence-electron chi connectivity index (χ0n) is 14.3. The number of hydrogen-bond acceptors (Lipinski definition) is 2. The van der Waals surface area contributed by atoms with E-state index in [0.29, 0.717) is 6.54 Å². The van der Waals surface area contributed by atoms with Crippen molar-refractivity contribution in [3.63, 3.8) is 0 Å². The van der Waals surface area contributed by atoms with Crippen molar-refractivity contribution in [2.24, 2.45) is 0 Å². The van der Waals surface area contributed by atoms with Gasteiger partial charge in [0, 0.05) is 28.2 Å². The Hall–Kier alpha value is -1.94. The highest BCUT2D eigenvalue weighted by molar-refractivity contribution is 9.10. The summed E-state index contributed by atoms with van der Waals surface area (Å²) in [7, 11) is 0. The molecule has 1 aromatic carbocycles. The van der Waals surface area contributed by atoms with Gasteiger partial charge in [0.15, 0.2) is 0 Å². The lowest BCUT2D eigenvalue weighted by molar-refractivity contribution is 0.670. The van der Waals surface area contributed by atoms with Crippen molar-refractivity contribution in [2.45, 2.75) is 40.2 Å². The molecule has 0 aliphatic heterocycles. The minimum absolute atomic E-state index is 0.0134. The van der Waals surface area contributed by atoms with Gasteiger partial charge >= 0.3 is 0 Å². The number of hydrogen-bond donors (Lipinski definition) is 0. The van der Waals surface area contributed by atoms with Gasteiger partial charge in [0.1, 0.15) is 5.65 Å². The molecule has 2 heterocycles. The highest BCUT2D eigenvalue weighted by atomic mass is 79.9. The van der Waals surface area contributed by atoms with Crippen LogP contribution >= 0.6 is 15.9 Å². The summed E-state index contributed by atoms with van der Waals surface area (Å²) in [5.74, 6) is 0. The molecule has 0 amide bonds. The molecule has 3 aromatic rings. The molecule has 0 aliphatic carbocycles. The van der Waals surface area contributed by atoms with E-state index >= 15 is 0 Å². The quantitative estimate of drug-likeness (QED) is 0.626. The van der Waals surface area contributed by atoms with Crippen molar-refractivity contribution >= 4 is 27.0 Å². The fourth-order valence-electron chi connectivity index (χ4n) is 3.13. The van der Waals surface area contributed by atoms with Crippen LogP contribution < -0.4 is 5.56 Å². The molecule has 0 fully saturated rings. The first-order valence-corrected chi connectivity index (χ1v) is 9.14. The van der Waals surface area contributed by atoms with Crippen molar-refractivity contribution in [2.75, 3.05) is 0 Å². The highest BCUT2D eigenvalue weighted by Gasteiger charge is 2.14. The summed E-state index contributed by atoms with van der Waals surface area (Å²) in [6.07, 6.45) is 1.76. The van der Waals surface area contributed by atoms with Gasteiger partial charge < -0.3 is 0 Å². The predicted octanol–water partition coefficient (Wildman–Crippen LogP) is 5.11. The number of benzene rings is 1. The summed E-state index contributed by atoms with van der Waals surface area (Å²) >= 11 is 3.52. The normalized spacial score (nSPS) is 11.2. The zero-order chi connectivity index (χ0) is 17.3. The average Bonchev–Trinajstić information content (AvgIpc) is 2.56. The summed E-state index contributed by atoms with van der Waals surface area (Å²) in [5, 5.41) is 1.07. The minimum atomic E-state index is 0.0134. The maximum Gasteiger partial charge on any atom is 0.252 e. The van der Waals surface area contributed by atoms with Crippen molar-refractivity contribution in [3.8, 4) is 11.1 Å². The van der Waals surface area contributed by atoms with Crippen LogP contribution in [0.4, 0.5) is 0 Å². The van der Waals surface area contributed by atoms with Gasteiger partial charge in [-0.05, 0) is 54.7 Å². The van der Waals surface area contributed by atoms with Crippen LogP contribution in [0.5, 0.6) is 0 Å². The van der Waals surface area contributed by atoms with Gasteiger partial charge in [0.25, 0.3) is 5.56 Å². The Morgan fingerprint density at radius 1 is 1.17 bits per heavy atom. The van der Waals surface area contributed by atoms with E-state index in [1.807, 2.05) is 28.8 Å². The summed E-state index contributed by atoms with van der Waals surface area (Å²) < 4.78 is 2.81. The van der Waals surface area contributed by atoms with Crippen LogP contribution in [0.3, 0.4) is 0 Å². The molecule has 0 N–H and O–H groups in total. The standard InChI is InChI=1S/C20H21BrN2O/c1-4-9-23-18(24)12-17(14-7-6-8-15(21)11-14)19-13(3)10-16(5-2)22-20(19)23/h6-8,10-12H,4-5,9H2,1-3H3. The number of pyridine rings is 2. The molecule has 0 aliphatic rings. The van der Waals surface area contributed by atoms with E-state index in [1.54, 1.807) is 6.07 Å². The largest absolute Gasteiger partial charge is 0.293 e. The maximum absolute atomic E-state index is 12.7. The lowest BCUT2D eigenvalue weighted by Crippen LogP contribution is -2.21. The van der Waals surface area contributed by atoms with Gasteiger partial charge in [0.05, 0.1) is 0 Å². The van der Waals surface area contributed by atoms with Crippen LogP contribution in [0.2, 0.25) is 0 Å². The Kier molecular flexibility index (Phi) is 4.86. The minimum Gasteiger partial charge on any atom is -0.293 e. The second kappa shape index (κ2) is 6.89. The van der Waals surface area contributed by atoms with E-state index in [1.165, 1.54) is 0 Å². The number of aryl methyl sites for hydroxylation is 3. The molecule has 124 valence electrons. The number of nitrogens with zero attached hydrogens (tertiary/aromatic N) is 2. The summed E-state index contributed by atoms with van der Waals surface area (Å²) in [6, 6.07) is 11.9. The lowest BCUT2D eigenvalue weighted by Gasteiger charge is -2.15. The van der Waals surface area contributed by atoms with Gasteiger partial charge in [-0.15, -0.1) is 0 Å². The summed E-state index contributed by atoms with van der Waals surface area (Å²) in [5.41, 5.74) is 4.99. The Bertz CT molecular complexity index is 960. The molecule has 0 saturated heterocycles. The van der Waals surface area contributed by atoms with Crippen LogP contribution in [0.15, 0.2) is 45.7 Å². The fourth-order valence-corrected chi connectivity index (χ4v) is 3.53. The fraction of sp³-hybridized carbons (Fsp3) is 0.300. The Labute approximate surface area is 150 Å². The first-order valence-electron chi connectivity index (χ1n) is 8.35. The predicted molar refractivity (Wildman–Crippen MR) is 104 cm³/mol. The molecule has 0 unspecified atom stereocenters. The van der Waals surface area contributed by atoms with Gasteiger partial charge in [0.2, 0.25) is 0 Å². The van der Waals surface area contributed by atoms with Crippen LogP contribution in [0.25, 0.3) is 22.2 Å². The first-order chi connectivity index (χ1) is 11.5. The van der Waals surface area contributed by atoms with Gasteiger partial charge in [-0.1, -0.05) is 41.9 Å². The number of halogens is 1. The summed E-state index contributed by atoms with van der Waals surface area (Å²) in [4.78, 5) is 17.5. The molecule has 3 rings (SSSR count). The van der Waals surface area contributed by atoms with E-state index in [2.05, 4.69) is 42.8 Å². The lowest BCUT2D eigenvalue weighted by atomic mass is 9.99. The van der Waals surface area contributed by atoms with Crippen molar-refractivity contribution in [1.82, 2.24) is 9.55 Å². The Morgan fingerprint density at radius 2 is 1.96 bits per heavy atom. The van der Waals surface area contributed by atoms with Crippen molar-refractivity contribution in [1.29, 1.82) is 0 Å². The monoisotopic (exact) mass is 384 g/mol. The molecule has 0 atom stereocenters. The third-order valence-corrected chi connectivity index (χ3v) is 4.75. The molecule has 24 heavy (non-hydrogen) atoms. The second-order valence-electron chi connectivity index (χ2n) is 6.04. The van der Waals surface area contributed by atoms with E-state index in [9.17, 15) is 4.79 Å². The molecule has 0 radical (unpaired) electrons. The second-order valence-corrected chi connectivity index (χ2v) is 6.96. The highest BCUT2D eigenvalue weighted by Crippen LogP contribution is 2.31. The topological polar surface area (TPSA) is 34.9 Å². The SMILES string of the molecule is CCCn1c(=O)cc(-c2cccc(Br)c2)c2c(C)cc(CC)nc21. The van der Waals surface area contributed by atoms with E-state index in [-0.39, 0.29) is 5.56 Å². The van der Waals surface area contributed by atoms with Crippen molar-refractivity contribution < 1.29 is 0 Å². The van der Waals surface area contributed by atoms with Gasteiger partial charge in [-0.25, -0.2) is 4.98 Å². The number of rotatable bonds is 4. The molecular formula is C20H21BrN2O. The van der Waals surface area contributed by atoms with Gasteiger partial charge in [-0.2, -0.15) is 0 Å². The molecule has 0 spiro atoms. The van der Waals surface area contributed by atoms with Crippen LogP contribution in [-0.4, -0.2) is 9.55 Å². The first kappa shape index (κ1) is 16.9. The van der Waals surface area contributed by atoms with Crippen LogP contribution in [0, 0.1) is 6.92 Å². The Morgan fingerprint density at radius 3 is 2.62 bits per heavy atom. The molecule has 4 heteroatoms. The summed E-state index contributed by atoms with van der Waals surface area (Å²) in [6.45, 7) is 6.96. The smallest absolute Gasteiger partial charge is 0.252 e. The van der Waals surface area contributed by atoms with Gasteiger partial charge in [-0.3, -0.25) is 9.36 Å². The number of aromatic nitrogens is 2. The zero-order valence-corrected chi connectivity index (χ0v) is 15.9. The van der Waals surface area contributed by atoms with Crippen molar-refractivity contribution in [3.05, 3.63) is 62.5 Å². The third kappa shape index (κ3) is 3.03. The maximum atomic E-state index is 12.7. The number of fused-ring (bicyclic) bond motifs is 1. The molecule has 3 nitrogen and oxygen atoms in total.